The molecule has 0 radical (unpaired) electrons. The zero-order valence-electron chi connectivity index (χ0n) is 5.86. The van der Waals surface area contributed by atoms with E-state index < -0.39 is 0 Å². The second-order valence-electron chi connectivity index (χ2n) is 1.84. The molecule has 0 aliphatic heterocycles. The number of rotatable bonds is 2. The van der Waals surface area contributed by atoms with Crippen LogP contribution >= 0.6 is 0 Å². The van der Waals surface area contributed by atoms with Gasteiger partial charge in [0.15, 0.2) is 0 Å². The first kappa shape index (κ1) is 7.29. The summed E-state index contributed by atoms with van der Waals surface area (Å²) in [6.07, 6.45) is 6.32. The third kappa shape index (κ3) is 2.50. The van der Waals surface area contributed by atoms with Gasteiger partial charge in [-0.25, -0.2) is 0 Å². The Hall–Kier alpha value is -1.82. The fourth-order valence-electron chi connectivity index (χ4n) is 0.623. The van der Waals surface area contributed by atoms with Crippen LogP contribution in [0.3, 0.4) is 0 Å². The van der Waals surface area contributed by atoms with E-state index in [2.05, 4.69) is 10.3 Å². The van der Waals surface area contributed by atoms with E-state index in [0.717, 1.165) is 5.69 Å². The summed E-state index contributed by atoms with van der Waals surface area (Å²) >= 11 is 0. The van der Waals surface area contributed by atoms with Crippen molar-refractivity contribution >= 4 is 5.69 Å². The average Bonchev–Trinajstić information content (AvgIpc) is 2.07. The normalized spacial score (nSPS) is 9.36. The summed E-state index contributed by atoms with van der Waals surface area (Å²) in [5.41, 5.74) is 0.923. The van der Waals surface area contributed by atoms with E-state index in [1.54, 1.807) is 18.6 Å². The molecule has 11 heavy (non-hydrogen) atoms. The van der Waals surface area contributed by atoms with Gasteiger partial charge in [-0.3, -0.25) is 4.98 Å². The topological polar surface area (TPSA) is 48.7 Å². The van der Waals surface area contributed by atoms with Crippen molar-refractivity contribution in [2.45, 2.75) is 0 Å². The van der Waals surface area contributed by atoms with Crippen LogP contribution in [0.5, 0.6) is 0 Å². The second-order valence-corrected chi connectivity index (χ2v) is 1.84. The predicted molar refractivity (Wildman–Crippen MR) is 42.6 cm³/mol. The number of allylic oxidation sites excluding steroid dienone is 1. The molecule has 1 aromatic rings. The minimum absolute atomic E-state index is 0.923. The van der Waals surface area contributed by atoms with Gasteiger partial charge in [-0.2, -0.15) is 5.26 Å². The Morgan fingerprint density at radius 3 is 2.82 bits per heavy atom. The molecular formula is C8H7N3. The number of nitrogens with one attached hydrogen (secondary N) is 1. The number of hydrogen-bond donors (Lipinski definition) is 1. The Balaban J connectivity index is 2.53. The summed E-state index contributed by atoms with van der Waals surface area (Å²) in [6.45, 7) is 0. The van der Waals surface area contributed by atoms with Crippen LogP contribution in [-0.2, 0) is 0 Å². The van der Waals surface area contributed by atoms with E-state index >= 15 is 0 Å². The molecule has 3 heteroatoms. The van der Waals surface area contributed by atoms with Crippen LogP contribution in [0, 0.1) is 11.3 Å². The van der Waals surface area contributed by atoms with E-state index in [1.807, 2.05) is 18.2 Å². The van der Waals surface area contributed by atoms with Crippen LogP contribution in [0.1, 0.15) is 0 Å². The average molecular weight is 145 g/mol. The second kappa shape index (κ2) is 4.07. The Morgan fingerprint density at radius 2 is 2.18 bits per heavy atom. The highest BCUT2D eigenvalue weighted by atomic mass is 14.8. The Morgan fingerprint density at radius 1 is 1.45 bits per heavy atom. The monoisotopic (exact) mass is 145 g/mol. The molecule has 0 bridgehead atoms. The van der Waals surface area contributed by atoms with Gasteiger partial charge in [0.2, 0.25) is 0 Å². The zero-order valence-corrected chi connectivity index (χ0v) is 5.86. The van der Waals surface area contributed by atoms with Crippen molar-refractivity contribution in [3.8, 4) is 6.07 Å². The van der Waals surface area contributed by atoms with Crippen molar-refractivity contribution in [3.63, 3.8) is 0 Å². The van der Waals surface area contributed by atoms with E-state index in [1.165, 1.54) is 6.08 Å². The molecule has 0 amide bonds. The summed E-state index contributed by atoms with van der Waals surface area (Å²) in [6, 6.07) is 5.52. The fraction of sp³-hybridized carbons (Fsp3) is 0. The van der Waals surface area contributed by atoms with Crippen molar-refractivity contribution < 1.29 is 0 Å². The van der Waals surface area contributed by atoms with Crippen LogP contribution in [-0.4, -0.2) is 4.98 Å². The number of anilines is 1. The van der Waals surface area contributed by atoms with Gasteiger partial charge in [-0.05, 0) is 12.1 Å². The van der Waals surface area contributed by atoms with E-state index in [-0.39, 0.29) is 0 Å². The van der Waals surface area contributed by atoms with E-state index in [0.29, 0.717) is 0 Å². The third-order valence-electron chi connectivity index (χ3n) is 1.09. The first-order chi connectivity index (χ1) is 5.43. The van der Waals surface area contributed by atoms with Crippen molar-refractivity contribution in [3.05, 3.63) is 36.8 Å². The smallest absolute Gasteiger partial charge is 0.0927 e. The molecule has 1 heterocycles. The minimum atomic E-state index is 0.923. The van der Waals surface area contributed by atoms with Crippen molar-refractivity contribution in [2.24, 2.45) is 0 Å². The maximum atomic E-state index is 8.16. The molecule has 1 N–H and O–H groups in total. The summed E-state index contributed by atoms with van der Waals surface area (Å²) in [5.74, 6) is 0. The molecule has 0 aliphatic carbocycles. The number of aromatic nitrogens is 1. The molecule has 1 rings (SSSR count). The van der Waals surface area contributed by atoms with Gasteiger partial charge in [0, 0.05) is 30.4 Å². The molecule has 54 valence electrons. The lowest BCUT2D eigenvalue weighted by Crippen LogP contribution is -1.85. The summed E-state index contributed by atoms with van der Waals surface area (Å²) in [4.78, 5) is 3.84. The zero-order chi connectivity index (χ0) is 7.94. The number of hydrogen-bond acceptors (Lipinski definition) is 3. The molecule has 0 atom stereocenters. The standard InChI is InChI=1S/C8H7N3/c9-4-1-5-11-8-2-6-10-7-3-8/h1-3,5-7H,(H,10,11). The molecule has 0 fully saturated rings. The molecule has 0 aromatic carbocycles. The lowest BCUT2D eigenvalue weighted by molar-refractivity contribution is 1.32. The quantitative estimate of drug-likeness (QED) is 0.642. The van der Waals surface area contributed by atoms with Gasteiger partial charge in [0.05, 0.1) is 6.07 Å². The highest BCUT2D eigenvalue weighted by Gasteiger charge is 1.82. The Kier molecular flexibility index (Phi) is 2.70. The number of pyridine rings is 1. The van der Waals surface area contributed by atoms with Gasteiger partial charge in [-0.15, -0.1) is 0 Å². The van der Waals surface area contributed by atoms with Crippen molar-refractivity contribution in [2.75, 3.05) is 5.32 Å². The van der Waals surface area contributed by atoms with E-state index in [9.17, 15) is 0 Å². The number of nitriles is 1. The van der Waals surface area contributed by atoms with Gasteiger partial charge in [0.25, 0.3) is 0 Å². The molecule has 0 saturated carbocycles. The third-order valence-corrected chi connectivity index (χ3v) is 1.09. The molecule has 0 spiro atoms. The highest BCUT2D eigenvalue weighted by Crippen LogP contribution is 2.01. The number of nitrogens with zero attached hydrogens (tertiary/aromatic N) is 2. The van der Waals surface area contributed by atoms with Crippen LogP contribution in [0.4, 0.5) is 5.69 Å². The predicted octanol–water partition coefficient (Wildman–Crippen LogP) is 1.53. The molecular weight excluding hydrogens is 138 g/mol. The molecule has 0 saturated heterocycles. The maximum absolute atomic E-state index is 8.16. The Bertz CT molecular complexity index is 271. The maximum Gasteiger partial charge on any atom is 0.0927 e. The largest absolute Gasteiger partial charge is 0.361 e. The van der Waals surface area contributed by atoms with Gasteiger partial charge < -0.3 is 5.32 Å². The minimum Gasteiger partial charge on any atom is -0.361 e. The SMILES string of the molecule is N#CC=CNc1ccncc1. The van der Waals surface area contributed by atoms with Crippen LogP contribution in [0.2, 0.25) is 0 Å². The van der Waals surface area contributed by atoms with Crippen molar-refractivity contribution in [1.82, 2.24) is 4.98 Å². The first-order valence-electron chi connectivity index (χ1n) is 3.14. The molecule has 0 unspecified atom stereocenters. The summed E-state index contributed by atoms with van der Waals surface area (Å²) < 4.78 is 0. The van der Waals surface area contributed by atoms with Gasteiger partial charge in [-0.1, -0.05) is 0 Å². The Labute approximate surface area is 65.0 Å². The molecule has 0 aliphatic rings. The molecule has 1 aromatic heterocycles. The summed E-state index contributed by atoms with van der Waals surface area (Å²) in [5, 5.41) is 11.1. The van der Waals surface area contributed by atoms with Crippen LogP contribution < -0.4 is 5.32 Å². The molecule has 3 nitrogen and oxygen atoms in total. The van der Waals surface area contributed by atoms with Crippen LogP contribution in [0.15, 0.2) is 36.8 Å². The van der Waals surface area contributed by atoms with Crippen molar-refractivity contribution in [1.29, 1.82) is 5.26 Å². The highest BCUT2D eigenvalue weighted by molar-refractivity contribution is 5.43. The van der Waals surface area contributed by atoms with E-state index in [4.69, 9.17) is 5.26 Å². The first-order valence-corrected chi connectivity index (χ1v) is 3.14. The van der Waals surface area contributed by atoms with Gasteiger partial charge >= 0.3 is 0 Å². The lowest BCUT2D eigenvalue weighted by atomic mass is 10.4. The van der Waals surface area contributed by atoms with Crippen LogP contribution in [0.25, 0.3) is 0 Å². The lowest BCUT2D eigenvalue weighted by Gasteiger charge is -1.95. The van der Waals surface area contributed by atoms with Gasteiger partial charge in [0.1, 0.15) is 0 Å². The summed E-state index contributed by atoms with van der Waals surface area (Å²) in [7, 11) is 0. The fourth-order valence-corrected chi connectivity index (χ4v) is 0.623.